The Balaban J connectivity index is 7.15. The molecule has 0 fully saturated rings. The van der Waals surface area contributed by atoms with Crippen LogP contribution < -0.4 is 0 Å². The fourth-order valence-corrected chi connectivity index (χ4v) is 1.97. The molecule has 0 N–H and O–H groups in total. The van der Waals surface area contributed by atoms with Gasteiger partial charge < -0.3 is 0 Å². The molecule has 0 rings (SSSR count). The summed E-state index contributed by atoms with van der Waals surface area (Å²) in [6, 6.07) is 0. The molecule has 0 bridgehead atoms. The molecule has 0 aliphatic heterocycles. The summed E-state index contributed by atoms with van der Waals surface area (Å²) in [6.45, 7) is 2.18. The minimum Gasteiger partial charge on any atom is -0.216 e. The normalized spacial score (nSPS) is 17.4. The Hall–Kier alpha value is -1.59. The van der Waals surface area contributed by atoms with Crippen LogP contribution in [0.2, 0.25) is 0 Å². The van der Waals surface area contributed by atoms with Gasteiger partial charge in [0.15, 0.2) is 0 Å². The van der Waals surface area contributed by atoms with Crippen LogP contribution in [0, 0.1) is 5.92 Å². The van der Waals surface area contributed by atoms with Crippen molar-refractivity contribution in [1.29, 1.82) is 0 Å². The molecule has 0 aliphatic carbocycles. The molecular formula is C13H7F19. The molecule has 0 aromatic heterocycles. The molecule has 0 saturated heterocycles. The Morgan fingerprint density at radius 3 is 0.969 bits per heavy atom. The first-order valence-electron chi connectivity index (χ1n) is 7.20. The Morgan fingerprint density at radius 2 is 0.719 bits per heavy atom. The van der Waals surface area contributed by atoms with E-state index in [9.17, 15) is 83.4 Å². The van der Waals surface area contributed by atoms with Gasteiger partial charge in [-0.05, 0) is 0 Å². The third-order valence-corrected chi connectivity index (χ3v) is 4.14. The van der Waals surface area contributed by atoms with Gasteiger partial charge in [-0.3, -0.25) is 0 Å². The van der Waals surface area contributed by atoms with Gasteiger partial charge in [0, 0.05) is 5.92 Å². The first-order chi connectivity index (χ1) is 13.5. The molecule has 0 heterocycles. The Bertz CT molecular complexity index is 679. The van der Waals surface area contributed by atoms with Gasteiger partial charge in [-0.15, -0.1) is 6.58 Å². The minimum absolute atomic E-state index is 0.165. The number of rotatable bonds is 8. The molecule has 32 heavy (non-hydrogen) atoms. The van der Waals surface area contributed by atoms with Crippen molar-refractivity contribution in [2.24, 2.45) is 5.92 Å². The van der Waals surface area contributed by atoms with Crippen molar-refractivity contribution in [2.45, 2.75) is 60.5 Å². The van der Waals surface area contributed by atoms with Gasteiger partial charge in [-0.25, -0.2) is 4.39 Å². The topological polar surface area (TPSA) is 0 Å². The number of hydrogen-bond acceptors (Lipinski definition) is 0. The van der Waals surface area contributed by atoms with E-state index < -0.39 is 59.5 Å². The maximum atomic E-state index is 13.5. The van der Waals surface area contributed by atoms with E-state index in [-0.39, 0.29) is 13.0 Å². The standard InChI is InChI=1S/C13H7F19/c1-3-4(2)5(14,15)7(17,18)9(21,22)11(25,26)10(23,24)8(19,20)6(16,12(27,28)29)13(30,31)32/h3-4H,1H2,2H3. The second-order valence-corrected chi connectivity index (χ2v) is 6.17. The van der Waals surface area contributed by atoms with Crippen molar-refractivity contribution >= 4 is 0 Å². The third kappa shape index (κ3) is 3.47. The molecule has 0 nitrogen and oxygen atoms in total. The van der Waals surface area contributed by atoms with Crippen molar-refractivity contribution in [3.63, 3.8) is 0 Å². The molecule has 0 aliphatic rings. The fraction of sp³-hybridized carbons (Fsp3) is 0.846. The van der Waals surface area contributed by atoms with E-state index in [1.165, 1.54) is 0 Å². The van der Waals surface area contributed by atoms with Gasteiger partial charge in [-0.1, -0.05) is 13.0 Å². The molecule has 0 aromatic carbocycles. The highest BCUT2D eigenvalue weighted by atomic mass is 19.4. The quantitative estimate of drug-likeness (QED) is 0.229. The van der Waals surface area contributed by atoms with E-state index in [1.54, 1.807) is 0 Å². The summed E-state index contributed by atoms with van der Waals surface area (Å²) in [4.78, 5) is 0. The summed E-state index contributed by atoms with van der Waals surface area (Å²) in [5.41, 5.74) is -8.72. The first-order valence-corrected chi connectivity index (χ1v) is 7.20. The molecule has 1 unspecified atom stereocenters. The Morgan fingerprint density at radius 1 is 0.469 bits per heavy atom. The van der Waals surface area contributed by atoms with Gasteiger partial charge >= 0.3 is 53.6 Å². The first kappa shape index (κ1) is 30.4. The van der Waals surface area contributed by atoms with Crippen LogP contribution in [0.3, 0.4) is 0 Å². The maximum Gasteiger partial charge on any atom is 0.438 e. The minimum atomic E-state index is -8.99. The van der Waals surface area contributed by atoms with Crippen LogP contribution in [0.25, 0.3) is 0 Å². The van der Waals surface area contributed by atoms with Crippen molar-refractivity contribution in [3.8, 4) is 0 Å². The molecular weight excluding hydrogens is 517 g/mol. The zero-order valence-electron chi connectivity index (χ0n) is 14.5. The monoisotopic (exact) mass is 524 g/mol. The van der Waals surface area contributed by atoms with Gasteiger partial charge in [-0.2, -0.15) is 79.0 Å². The van der Waals surface area contributed by atoms with Crippen molar-refractivity contribution in [1.82, 2.24) is 0 Å². The molecule has 0 spiro atoms. The summed E-state index contributed by atoms with van der Waals surface area (Å²) >= 11 is 0. The van der Waals surface area contributed by atoms with E-state index in [1.807, 2.05) is 0 Å². The fourth-order valence-electron chi connectivity index (χ4n) is 1.97. The second kappa shape index (κ2) is 7.46. The van der Waals surface area contributed by atoms with Crippen molar-refractivity contribution < 1.29 is 83.4 Å². The average Bonchev–Trinajstić information content (AvgIpc) is 2.56. The highest BCUT2D eigenvalue weighted by Gasteiger charge is 2.98. The van der Waals surface area contributed by atoms with E-state index in [4.69, 9.17) is 0 Å². The summed E-state index contributed by atoms with van der Waals surface area (Å²) in [5, 5.41) is 0. The van der Waals surface area contributed by atoms with Crippen molar-refractivity contribution in [2.75, 3.05) is 0 Å². The highest BCUT2D eigenvalue weighted by Crippen LogP contribution is 2.66. The lowest BCUT2D eigenvalue weighted by Gasteiger charge is -2.45. The van der Waals surface area contributed by atoms with Crippen molar-refractivity contribution in [3.05, 3.63) is 12.7 Å². The zero-order valence-corrected chi connectivity index (χ0v) is 14.5. The van der Waals surface area contributed by atoms with E-state index in [2.05, 4.69) is 6.58 Å². The maximum absolute atomic E-state index is 13.5. The molecule has 0 amide bonds. The predicted molar refractivity (Wildman–Crippen MR) is 65.0 cm³/mol. The zero-order chi connectivity index (χ0) is 26.8. The number of allylic oxidation sites excluding steroid dienone is 1. The van der Waals surface area contributed by atoms with Crippen LogP contribution in [0.1, 0.15) is 6.92 Å². The van der Waals surface area contributed by atoms with E-state index in [0.29, 0.717) is 0 Å². The average molecular weight is 524 g/mol. The van der Waals surface area contributed by atoms with Gasteiger partial charge in [0.2, 0.25) is 0 Å². The molecule has 192 valence electrons. The Labute approximate surface area is 164 Å². The molecule has 0 saturated carbocycles. The summed E-state index contributed by atoms with van der Waals surface area (Å²) in [7, 11) is 0. The second-order valence-electron chi connectivity index (χ2n) is 6.17. The number of alkyl halides is 19. The van der Waals surface area contributed by atoms with E-state index in [0.717, 1.165) is 0 Å². The smallest absolute Gasteiger partial charge is 0.216 e. The summed E-state index contributed by atoms with van der Waals surface area (Å²) in [6.07, 6.45) is -16.9. The number of hydrogen-bond donors (Lipinski definition) is 0. The van der Waals surface area contributed by atoms with Gasteiger partial charge in [0.25, 0.3) is 0 Å². The van der Waals surface area contributed by atoms with E-state index >= 15 is 0 Å². The molecule has 0 aromatic rings. The molecule has 19 heteroatoms. The van der Waals surface area contributed by atoms with Crippen LogP contribution in [0.5, 0.6) is 0 Å². The number of halogens is 19. The SMILES string of the molecule is C=CC(C)C(F)(F)C(F)(F)C(F)(F)C(F)(F)C(F)(F)C(F)(F)C(F)(C(F)(F)F)C(F)(F)F. The van der Waals surface area contributed by atoms with Crippen LogP contribution >= 0.6 is 0 Å². The van der Waals surface area contributed by atoms with Crippen LogP contribution in [0.15, 0.2) is 12.7 Å². The molecule has 1 atom stereocenters. The lowest BCUT2D eigenvalue weighted by atomic mass is 9.82. The largest absolute Gasteiger partial charge is 0.438 e. The highest BCUT2D eigenvalue weighted by molar-refractivity contribution is 5.19. The predicted octanol–water partition coefficient (Wildman–Crippen LogP) is 7.45. The lowest BCUT2D eigenvalue weighted by Crippen LogP contribution is -2.78. The van der Waals surface area contributed by atoms with Crippen LogP contribution in [0.4, 0.5) is 83.4 Å². The van der Waals surface area contributed by atoms with Gasteiger partial charge in [0.05, 0.1) is 0 Å². The summed E-state index contributed by atoms with van der Waals surface area (Å²) < 4.78 is 248. The third-order valence-electron chi connectivity index (χ3n) is 4.14. The van der Waals surface area contributed by atoms with Crippen LogP contribution in [-0.2, 0) is 0 Å². The summed E-state index contributed by atoms with van der Waals surface area (Å²) in [5.74, 6) is -53.0. The van der Waals surface area contributed by atoms with Gasteiger partial charge in [0.1, 0.15) is 0 Å². The lowest BCUT2D eigenvalue weighted by molar-refractivity contribution is -0.473. The molecule has 0 radical (unpaired) electrons. The van der Waals surface area contributed by atoms with Crippen LogP contribution in [-0.4, -0.2) is 53.6 Å². The Kier molecular flexibility index (Phi) is 7.09.